The molecule has 0 saturated carbocycles. The van der Waals surface area contributed by atoms with Gasteiger partial charge in [0.05, 0.1) is 5.71 Å². The third-order valence-electron chi connectivity index (χ3n) is 1.65. The summed E-state index contributed by atoms with van der Waals surface area (Å²) < 4.78 is 4.84. The molecule has 3 nitrogen and oxygen atoms in total. The minimum atomic E-state index is 0. The summed E-state index contributed by atoms with van der Waals surface area (Å²) in [5.74, 6) is 0.769. The molecule has 0 spiro atoms. The van der Waals surface area contributed by atoms with E-state index in [0.717, 1.165) is 24.7 Å². The van der Waals surface area contributed by atoms with Crippen LogP contribution in [-0.4, -0.2) is 32.3 Å². The molecule has 0 heterocycles. The summed E-state index contributed by atoms with van der Waals surface area (Å²) in [6, 6.07) is 0. The number of oxime groups is 1. The summed E-state index contributed by atoms with van der Waals surface area (Å²) in [6.45, 7) is 27.2. The zero-order chi connectivity index (χ0) is 23.4. The van der Waals surface area contributed by atoms with Crippen LogP contribution < -0.4 is 0 Å². The van der Waals surface area contributed by atoms with Gasteiger partial charge in [-0.25, -0.2) is 0 Å². The van der Waals surface area contributed by atoms with Crippen molar-refractivity contribution in [1.82, 2.24) is 0 Å². The van der Waals surface area contributed by atoms with Gasteiger partial charge in [0.2, 0.25) is 0 Å². The number of rotatable bonds is 7. The average molecular weight is 707 g/mol. The van der Waals surface area contributed by atoms with Gasteiger partial charge in [-0.2, -0.15) is 20.3 Å². The molecule has 0 rings (SSSR count). The fourth-order valence-corrected chi connectivity index (χ4v) is 1.42. The number of ether oxygens (including phenoxy) is 1. The van der Waals surface area contributed by atoms with Crippen molar-refractivity contribution in [1.29, 1.82) is 0 Å². The van der Waals surface area contributed by atoms with E-state index in [2.05, 4.69) is 62.4 Å². The van der Waals surface area contributed by atoms with Crippen LogP contribution in [-0.2, 0) is 63.3 Å². The number of thioether (sulfide) groups is 1. The van der Waals surface area contributed by atoms with E-state index < -0.39 is 0 Å². The molecule has 0 aliphatic carbocycles. The molecule has 6 heteroatoms. The summed E-state index contributed by atoms with van der Waals surface area (Å²) in [5, 5.41) is 5.78. The first-order valence-electron chi connectivity index (χ1n) is 9.92. The first-order valence-corrected chi connectivity index (χ1v) is 11.2. The molecule has 0 aliphatic heterocycles. The van der Waals surface area contributed by atoms with E-state index >= 15 is 0 Å². The Labute approximate surface area is 242 Å². The molecule has 0 N–H and O–H groups in total. The molecule has 0 aromatic carbocycles. The Kier molecular flexibility index (Phi) is 90.9. The van der Waals surface area contributed by atoms with E-state index in [9.17, 15) is 0 Å². The summed E-state index contributed by atoms with van der Waals surface area (Å²) in [4.78, 5) is 4.68. The predicted octanol–water partition coefficient (Wildman–Crippen LogP) is 9.02. The van der Waals surface area contributed by atoms with Crippen LogP contribution in [0.2, 0.25) is 0 Å². The average Bonchev–Trinajstić information content (AvgIpc) is 2.54. The largest absolute Gasteiger partial charge is 0.416 e. The quantitative estimate of drug-likeness (QED) is 0.0871. The Morgan fingerprint density at radius 3 is 1.61 bits per heavy atom. The number of nitrogens with zero attached hydrogens (tertiary/aromatic N) is 1. The molecule has 0 bridgehead atoms. The van der Waals surface area contributed by atoms with Gasteiger partial charge in [0.25, 0.3) is 0 Å². The van der Waals surface area contributed by atoms with E-state index in [0.29, 0.717) is 6.61 Å². The summed E-state index contributed by atoms with van der Waals surface area (Å²) in [5.41, 5.74) is 3.50. The molecule has 0 aromatic heterocycles. The van der Waals surface area contributed by atoms with Gasteiger partial charge >= 0.3 is 0 Å². The minimum Gasteiger partial charge on any atom is -0.416 e. The Bertz CT molecular complexity index is 338. The second kappa shape index (κ2) is 52.8. The second-order valence-corrected chi connectivity index (χ2v) is 7.75. The number of hydrogen-bond donors (Lipinski definition) is 0. The fourth-order valence-electron chi connectivity index (χ4n) is 0.949. The van der Waals surface area contributed by atoms with Crippen molar-refractivity contribution in [2.45, 2.75) is 90.0 Å². The van der Waals surface area contributed by atoms with Crippen molar-refractivity contribution in [3.05, 3.63) is 36.0 Å². The molecule has 0 aromatic rings. The van der Waals surface area contributed by atoms with E-state index in [1.54, 1.807) is 18.9 Å². The van der Waals surface area contributed by atoms with Gasteiger partial charge in [0, 0.05) is 60.9 Å². The van der Waals surface area contributed by atoms with Crippen molar-refractivity contribution < 1.29 is 63.3 Å². The van der Waals surface area contributed by atoms with Crippen LogP contribution in [0.1, 0.15) is 90.0 Å². The van der Waals surface area contributed by atoms with Crippen LogP contribution in [0.15, 0.2) is 28.3 Å². The molecule has 0 atom stereocenters. The number of hydrogen-bond acceptors (Lipinski definition) is 4. The maximum Gasteiger partial charge on any atom is 0.114 e. The Morgan fingerprint density at radius 1 is 1.10 bits per heavy atom. The Balaban J connectivity index is -0.0000000359. The molecule has 0 fully saturated rings. The molecular formula is C25H55NO2SWY-2. The van der Waals surface area contributed by atoms with Gasteiger partial charge in [0.1, 0.15) is 6.61 Å². The maximum atomic E-state index is 4.84. The van der Waals surface area contributed by atoms with Gasteiger partial charge in [-0.1, -0.05) is 50.1 Å². The molecule has 31 heavy (non-hydrogen) atoms. The molecule has 1 radical (unpaired) electrons. The van der Waals surface area contributed by atoms with Gasteiger partial charge < -0.3 is 22.4 Å². The third kappa shape index (κ3) is 154. The van der Waals surface area contributed by atoms with Crippen molar-refractivity contribution in [3.8, 4) is 0 Å². The van der Waals surface area contributed by atoms with E-state index in [1.165, 1.54) is 11.1 Å². The van der Waals surface area contributed by atoms with Crippen molar-refractivity contribution >= 4 is 17.5 Å². The van der Waals surface area contributed by atoms with Crippen LogP contribution >= 0.6 is 11.8 Å². The van der Waals surface area contributed by atoms with Crippen LogP contribution in [0.3, 0.4) is 0 Å². The number of methoxy groups -OCH3 is 1. The fraction of sp³-hybridized carbons (Fsp3) is 0.720. The summed E-state index contributed by atoms with van der Waals surface area (Å²) >= 11 is 1.75. The summed E-state index contributed by atoms with van der Waals surface area (Å²) in [6.07, 6.45) is 7.38. The second-order valence-electron chi connectivity index (χ2n) is 7.05. The predicted molar refractivity (Wildman–Crippen MR) is 142 cm³/mol. The Morgan fingerprint density at radius 2 is 1.48 bits per heavy atom. The standard InChI is InChI=1S/C7H15O.C5H11NO.C5H10S.C4H8.C3H7.CH4.W.Y/c1-7(2)5-4-6-8-3;1-4-7-6-5(2)3;1-5(2)4-6-3;1-4(2)3;1-3-2;;;/h4,7H,5-6H2,1-3H3;4H2,1-3H3;4H,1-3H3;1H2,2-3H3;3H,1-2H3;1H4;;/q-1;;;;-1;;;. The summed E-state index contributed by atoms with van der Waals surface area (Å²) in [7, 11) is 1.72. The van der Waals surface area contributed by atoms with E-state index in [1.807, 2.05) is 54.9 Å². The SMILES string of the molecule is C.C=C(C)C.CCON=C(C)C.COC[CH-]CC(C)C.CSC=C(C)C.C[CH-]C.[W].[Y]. The first-order chi connectivity index (χ1) is 13.0. The van der Waals surface area contributed by atoms with Crippen LogP contribution in [0.25, 0.3) is 0 Å². The zero-order valence-corrected chi connectivity index (χ0v) is 28.9. The Hall–Kier alpha value is 1.05. The molecule has 0 amide bonds. The third-order valence-corrected chi connectivity index (χ3v) is 2.36. The van der Waals surface area contributed by atoms with Crippen molar-refractivity contribution in [2.75, 3.05) is 26.6 Å². The molecule has 0 aliphatic rings. The maximum absolute atomic E-state index is 4.84. The number of allylic oxidation sites excluding steroid dienone is 2. The van der Waals surface area contributed by atoms with Gasteiger partial charge in [-0.3, -0.25) is 0 Å². The molecule has 189 valence electrons. The van der Waals surface area contributed by atoms with Crippen molar-refractivity contribution in [3.63, 3.8) is 0 Å². The zero-order valence-electron chi connectivity index (χ0n) is 22.3. The smallest absolute Gasteiger partial charge is 0.114 e. The molecule has 0 saturated heterocycles. The van der Waals surface area contributed by atoms with E-state index in [4.69, 9.17) is 4.74 Å². The van der Waals surface area contributed by atoms with Crippen LogP contribution in [0.4, 0.5) is 0 Å². The van der Waals surface area contributed by atoms with E-state index in [-0.39, 0.29) is 61.2 Å². The normalized spacial score (nSPS) is 7.42. The topological polar surface area (TPSA) is 30.8 Å². The minimum absolute atomic E-state index is 0. The monoisotopic (exact) mass is 706 g/mol. The molecular weight excluding hydrogens is 651 g/mol. The van der Waals surface area contributed by atoms with Gasteiger partial charge in [-0.05, 0) is 60.1 Å². The van der Waals surface area contributed by atoms with Crippen LogP contribution in [0.5, 0.6) is 0 Å². The van der Waals surface area contributed by atoms with Crippen molar-refractivity contribution in [2.24, 2.45) is 11.1 Å². The first kappa shape index (κ1) is 53.4. The van der Waals surface area contributed by atoms with Crippen LogP contribution in [0, 0.1) is 18.8 Å². The molecule has 0 unspecified atom stereocenters. The van der Waals surface area contributed by atoms with Gasteiger partial charge in [-0.15, -0.1) is 18.3 Å². The van der Waals surface area contributed by atoms with Gasteiger partial charge in [0.15, 0.2) is 0 Å².